The van der Waals surface area contributed by atoms with Crippen molar-refractivity contribution in [3.05, 3.63) is 60.6 Å². The topological polar surface area (TPSA) is 32.8 Å². The summed E-state index contributed by atoms with van der Waals surface area (Å²) in [4.78, 5) is 16.5. The fourth-order valence-corrected chi connectivity index (χ4v) is 3.57. The quantitative estimate of drug-likeness (QED) is 0.359. The summed E-state index contributed by atoms with van der Waals surface area (Å²) in [6, 6.07) is 0. The molecule has 0 spiro atoms. The van der Waals surface area contributed by atoms with E-state index in [1.165, 1.54) is 12.8 Å². The first-order valence-electron chi connectivity index (χ1n) is 10.9. The second-order valence-corrected chi connectivity index (χ2v) is 8.21. The summed E-state index contributed by atoms with van der Waals surface area (Å²) in [5.74, 6) is 2.29. The summed E-state index contributed by atoms with van der Waals surface area (Å²) in [7, 11) is 2.07. The number of carbonyl (C=O) groups is 1. The number of likely N-dealkylation sites (tertiary alicyclic amines) is 1. The second-order valence-electron chi connectivity index (χ2n) is 8.21. The number of piperidine rings is 1. The van der Waals surface area contributed by atoms with Gasteiger partial charge in [0, 0.05) is 38.8 Å². The van der Waals surface area contributed by atoms with E-state index in [1.54, 1.807) is 6.08 Å². The van der Waals surface area contributed by atoms with Crippen LogP contribution in [-0.2, 0) is 9.53 Å². The zero-order chi connectivity index (χ0) is 21.2. The lowest BCUT2D eigenvalue weighted by Gasteiger charge is -2.32. The SMILES string of the molecule is C=C/C=C(/C(C)=C/C=C(\C=C)OCC1CCN(C(=O)CC2CC2)CC1)N(C)CC. The molecule has 0 aromatic heterocycles. The first kappa shape index (κ1) is 23.1. The van der Waals surface area contributed by atoms with Crippen molar-refractivity contribution in [2.75, 3.05) is 33.3 Å². The summed E-state index contributed by atoms with van der Waals surface area (Å²) in [6.45, 7) is 15.3. The van der Waals surface area contributed by atoms with Crippen molar-refractivity contribution in [1.29, 1.82) is 0 Å². The number of rotatable bonds is 11. The molecule has 2 fully saturated rings. The number of likely N-dealkylation sites (N-methyl/N-ethyl adjacent to an activating group) is 1. The number of carbonyl (C=O) groups excluding carboxylic acids is 1. The Morgan fingerprint density at radius 1 is 1.10 bits per heavy atom. The van der Waals surface area contributed by atoms with Gasteiger partial charge in [-0.2, -0.15) is 0 Å². The standard InChI is InChI=1S/C25H38N2O2/c1-6-9-24(26(5)8-3)20(4)10-13-23(7-2)29-19-22-14-16-27(17-15-22)25(28)18-21-11-12-21/h6-7,9-10,13,21-22H,1-2,8,11-12,14-19H2,3-5H3/b20-10+,23-13+,24-9-. The Morgan fingerprint density at radius 2 is 1.79 bits per heavy atom. The molecule has 0 aromatic carbocycles. The van der Waals surface area contributed by atoms with Crippen LogP contribution in [0.5, 0.6) is 0 Å². The minimum Gasteiger partial charge on any atom is -0.493 e. The average molecular weight is 399 g/mol. The van der Waals surface area contributed by atoms with Crippen LogP contribution in [0.4, 0.5) is 0 Å². The molecular weight excluding hydrogens is 360 g/mol. The monoisotopic (exact) mass is 398 g/mol. The Labute approximate surface area is 177 Å². The zero-order valence-electron chi connectivity index (χ0n) is 18.5. The van der Waals surface area contributed by atoms with Gasteiger partial charge in [0.1, 0.15) is 5.76 Å². The fourth-order valence-electron chi connectivity index (χ4n) is 3.57. The van der Waals surface area contributed by atoms with E-state index in [9.17, 15) is 4.79 Å². The van der Waals surface area contributed by atoms with Gasteiger partial charge in [0.15, 0.2) is 0 Å². The maximum absolute atomic E-state index is 12.2. The van der Waals surface area contributed by atoms with Crippen molar-refractivity contribution in [2.24, 2.45) is 11.8 Å². The van der Waals surface area contributed by atoms with Gasteiger partial charge in [-0.15, -0.1) is 0 Å². The van der Waals surface area contributed by atoms with Crippen LogP contribution in [0.3, 0.4) is 0 Å². The molecule has 1 saturated carbocycles. The lowest BCUT2D eigenvalue weighted by molar-refractivity contribution is -0.133. The smallest absolute Gasteiger partial charge is 0.222 e. The molecule has 1 amide bonds. The Bertz CT molecular complexity index is 662. The van der Waals surface area contributed by atoms with Crippen molar-refractivity contribution >= 4 is 5.91 Å². The largest absolute Gasteiger partial charge is 0.493 e. The van der Waals surface area contributed by atoms with Crippen LogP contribution in [0.15, 0.2) is 60.6 Å². The molecule has 2 rings (SSSR count). The molecule has 0 unspecified atom stereocenters. The fraction of sp³-hybridized carbons (Fsp3) is 0.560. The Morgan fingerprint density at radius 3 is 2.34 bits per heavy atom. The second kappa shape index (κ2) is 11.7. The molecule has 2 aliphatic rings. The van der Waals surface area contributed by atoms with E-state index in [0.717, 1.165) is 55.9 Å². The van der Waals surface area contributed by atoms with Crippen molar-refractivity contribution in [3.63, 3.8) is 0 Å². The van der Waals surface area contributed by atoms with E-state index in [-0.39, 0.29) is 0 Å². The van der Waals surface area contributed by atoms with Crippen LogP contribution >= 0.6 is 0 Å². The lowest BCUT2D eigenvalue weighted by Crippen LogP contribution is -2.39. The third kappa shape index (κ3) is 7.60. The molecule has 0 radical (unpaired) electrons. The van der Waals surface area contributed by atoms with Crippen LogP contribution < -0.4 is 0 Å². The van der Waals surface area contributed by atoms with Gasteiger partial charge in [0.2, 0.25) is 5.91 Å². The molecule has 29 heavy (non-hydrogen) atoms. The van der Waals surface area contributed by atoms with E-state index in [4.69, 9.17) is 4.74 Å². The van der Waals surface area contributed by atoms with Gasteiger partial charge in [-0.05, 0) is 75.2 Å². The molecule has 4 nitrogen and oxygen atoms in total. The minimum atomic E-state index is 0.347. The summed E-state index contributed by atoms with van der Waals surface area (Å²) in [5, 5.41) is 0. The van der Waals surface area contributed by atoms with Crippen LogP contribution in [0.25, 0.3) is 0 Å². The molecule has 0 N–H and O–H groups in total. The highest BCUT2D eigenvalue weighted by Crippen LogP contribution is 2.33. The molecule has 1 aliphatic heterocycles. The highest BCUT2D eigenvalue weighted by molar-refractivity contribution is 5.76. The molecular formula is C25H38N2O2. The molecule has 1 aliphatic carbocycles. The van der Waals surface area contributed by atoms with Crippen LogP contribution in [-0.4, -0.2) is 49.0 Å². The van der Waals surface area contributed by atoms with Gasteiger partial charge in [-0.25, -0.2) is 0 Å². The Balaban J connectivity index is 1.83. The Kier molecular flexibility index (Phi) is 9.30. The van der Waals surface area contributed by atoms with Gasteiger partial charge < -0.3 is 14.5 Å². The first-order valence-corrected chi connectivity index (χ1v) is 10.9. The molecule has 0 bridgehead atoms. The van der Waals surface area contributed by atoms with Crippen LogP contribution in [0.1, 0.15) is 46.0 Å². The summed E-state index contributed by atoms with van der Waals surface area (Å²) in [5.41, 5.74) is 2.30. The van der Waals surface area contributed by atoms with Crippen molar-refractivity contribution in [3.8, 4) is 0 Å². The van der Waals surface area contributed by atoms with Gasteiger partial charge in [-0.1, -0.05) is 25.3 Å². The highest BCUT2D eigenvalue weighted by atomic mass is 16.5. The van der Waals surface area contributed by atoms with Crippen molar-refractivity contribution < 1.29 is 9.53 Å². The molecule has 0 atom stereocenters. The molecule has 1 heterocycles. The van der Waals surface area contributed by atoms with Gasteiger partial charge >= 0.3 is 0 Å². The molecule has 0 aromatic rings. The zero-order valence-corrected chi connectivity index (χ0v) is 18.5. The van der Waals surface area contributed by atoms with Crippen LogP contribution in [0, 0.1) is 11.8 Å². The third-order valence-electron chi connectivity index (χ3n) is 5.88. The lowest BCUT2D eigenvalue weighted by atomic mass is 9.97. The predicted octanol–water partition coefficient (Wildman–Crippen LogP) is 5.08. The predicted molar refractivity (Wildman–Crippen MR) is 121 cm³/mol. The van der Waals surface area contributed by atoms with Gasteiger partial charge in [-0.3, -0.25) is 4.79 Å². The van der Waals surface area contributed by atoms with E-state index < -0.39 is 0 Å². The van der Waals surface area contributed by atoms with Crippen LogP contribution in [0.2, 0.25) is 0 Å². The number of ether oxygens (including phenoxy) is 1. The molecule has 4 heteroatoms. The maximum Gasteiger partial charge on any atom is 0.222 e. The average Bonchev–Trinajstić information content (AvgIpc) is 3.55. The number of nitrogens with zero attached hydrogens (tertiary/aromatic N) is 2. The molecule has 1 saturated heterocycles. The van der Waals surface area contributed by atoms with Crippen molar-refractivity contribution in [2.45, 2.75) is 46.0 Å². The van der Waals surface area contributed by atoms with E-state index in [0.29, 0.717) is 24.3 Å². The first-order chi connectivity index (χ1) is 14.0. The summed E-state index contributed by atoms with van der Waals surface area (Å²) >= 11 is 0. The van der Waals surface area contributed by atoms with E-state index in [2.05, 4.69) is 45.0 Å². The number of allylic oxidation sites excluding steroid dienone is 6. The Hall–Kier alpha value is -2.23. The van der Waals surface area contributed by atoms with Crippen molar-refractivity contribution in [1.82, 2.24) is 9.80 Å². The highest BCUT2D eigenvalue weighted by Gasteiger charge is 2.29. The van der Waals surface area contributed by atoms with Gasteiger partial charge in [0.05, 0.1) is 6.61 Å². The number of amides is 1. The van der Waals surface area contributed by atoms with E-state index in [1.807, 2.05) is 23.1 Å². The van der Waals surface area contributed by atoms with E-state index >= 15 is 0 Å². The number of hydrogen-bond donors (Lipinski definition) is 0. The normalized spacial score (nSPS) is 19.1. The minimum absolute atomic E-state index is 0.347. The summed E-state index contributed by atoms with van der Waals surface area (Å²) in [6.07, 6.45) is 14.9. The molecule has 160 valence electrons. The summed E-state index contributed by atoms with van der Waals surface area (Å²) < 4.78 is 6.02. The number of hydrogen-bond acceptors (Lipinski definition) is 3. The third-order valence-corrected chi connectivity index (χ3v) is 5.88. The van der Waals surface area contributed by atoms with Gasteiger partial charge in [0.25, 0.3) is 0 Å². The maximum atomic E-state index is 12.2.